The Balaban J connectivity index is 3.62. The highest BCUT2D eigenvalue weighted by Gasteiger charge is 2.16. The van der Waals surface area contributed by atoms with Gasteiger partial charge in [-0.25, -0.2) is 0 Å². The maximum Gasteiger partial charge on any atom is 0.0654 e. The molecule has 0 aromatic heterocycles. The van der Waals surface area contributed by atoms with Crippen molar-refractivity contribution < 1.29 is 5.11 Å². The first-order chi connectivity index (χ1) is 5.62. The molecule has 0 aliphatic carbocycles. The van der Waals surface area contributed by atoms with Crippen LogP contribution in [0.4, 0.5) is 0 Å². The van der Waals surface area contributed by atoms with E-state index in [-0.39, 0.29) is 0 Å². The molecule has 1 nitrogen and oxygen atoms in total. The van der Waals surface area contributed by atoms with Gasteiger partial charge in [0.1, 0.15) is 0 Å². The van der Waals surface area contributed by atoms with Crippen LogP contribution < -0.4 is 0 Å². The molecule has 0 spiro atoms. The summed E-state index contributed by atoms with van der Waals surface area (Å²) in [5.74, 6) is 0. The summed E-state index contributed by atoms with van der Waals surface area (Å²) in [5, 5.41) is 9.82. The van der Waals surface area contributed by atoms with Gasteiger partial charge in [0.25, 0.3) is 0 Å². The lowest BCUT2D eigenvalue weighted by molar-refractivity contribution is 0.0517. The molecule has 0 heterocycles. The lowest BCUT2D eigenvalue weighted by Gasteiger charge is -2.20. The highest BCUT2D eigenvalue weighted by atomic mass is 16.3. The van der Waals surface area contributed by atoms with Crippen LogP contribution in [0, 0.1) is 0 Å². The van der Waals surface area contributed by atoms with Crippen molar-refractivity contribution in [2.75, 3.05) is 0 Å². The number of allylic oxidation sites excluding steroid dienone is 1. The molecule has 0 bridgehead atoms. The van der Waals surface area contributed by atoms with Crippen LogP contribution in [-0.4, -0.2) is 10.7 Å². The third-order valence-electron chi connectivity index (χ3n) is 2.03. The summed E-state index contributed by atoms with van der Waals surface area (Å²) in [7, 11) is 0. The molecule has 0 saturated carbocycles. The number of hydrogen-bond acceptors (Lipinski definition) is 1. The third-order valence-corrected chi connectivity index (χ3v) is 2.03. The first kappa shape index (κ1) is 11.7. The van der Waals surface area contributed by atoms with E-state index in [0.717, 1.165) is 32.1 Å². The van der Waals surface area contributed by atoms with Gasteiger partial charge in [-0.05, 0) is 26.2 Å². The Labute approximate surface area is 76.5 Å². The molecule has 0 aromatic carbocycles. The molecule has 0 aromatic rings. The van der Waals surface area contributed by atoms with Crippen LogP contribution in [0.5, 0.6) is 0 Å². The molecule has 1 N–H and O–H groups in total. The number of aliphatic hydroxyl groups is 1. The minimum atomic E-state index is -0.484. The number of rotatable bonds is 6. The average Bonchev–Trinajstić information content (AvgIpc) is 2.01. The largest absolute Gasteiger partial charge is 0.390 e. The summed E-state index contributed by atoms with van der Waals surface area (Å²) < 4.78 is 0. The summed E-state index contributed by atoms with van der Waals surface area (Å²) in [6.45, 7) is 6.18. The van der Waals surface area contributed by atoms with Crippen molar-refractivity contribution in [1.82, 2.24) is 0 Å². The maximum absolute atomic E-state index is 9.82. The van der Waals surface area contributed by atoms with Crippen LogP contribution >= 0.6 is 0 Å². The lowest BCUT2D eigenvalue weighted by atomic mass is 9.95. The van der Waals surface area contributed by atoms with E-state index in [1.54, 1.807) is 0 Å². The molecule has 0 fully saturated rings. The molecule has 12 heavy (non-hydrogen) atoms. The van der Waals surface area contributed by atoms with Crippen LogP contribution in [0.1, 0.15) is 52.9 Å². The number of hydrogen-bond donors (Lipinski definition) is 1. The maximum atomic E-state index is 9.82. The molecule has 0 aliphatic heterocycles. The highest BCUT2D eigenvalue weighted by molar-refractivity contribution is 4.88. The lowest BCUT2D eigenvalue weighted by Crippen LogP contribution is -2.22. The van der Waals surface area contributed by atoms with E-state index < -0.39 is 5.60 Å². The summed E-state index contributed by atoms with van der Waals surface area (Å²) in [6, 6.07) is 0. The second-order valence-electron chi connectivity index (χ2n) is 3.68. The second-order valence-corrected chi connectivity index (χ2v) is 3.68. The van der Waals surface area contributed by atoms with Crippen molar-refractivity contribution in [3.05, 3.63) is 12.2 Å². The van der Waals surface area contributed by atoms with Gasteiger partial charge in [0.2, 0.25) is 0 Å². The molecule has 0 aliphatic rings. The fourth-order valence-corrected chi connectivity index (χ4v) is 1.16. The van der Waals surface area contributed by atoms with Gasteiger partial charge >= 0.3 is 0 Å². The Kier molecular flexibility index (Phi) is 6.09. The van der Waals surface area contributed by atoms with E-state index in [1.807, 2.05) is 6.92 Å². The van der Waals surface area contributed by atoms with E-state index in [2.05, 4.69) is 26.0 Å². The highest BCUT2D eigenvalue weighted by Crippen LogP contribution is 2.18. The molecular formula is C11H22O. The monoisotopic (exact) mass is 170 g/mol. The molecule has 0 saturated heterocycles. The topological polar surface area (TPSA) is 20.2 Å². The van der Waals surface area contributed by atoms with Crippen molar-refractivity contribution in [2.24, 2.45) is 0 Å². The molecule has 72 valence electrons. The van der Waals surface area contributed by atoms with Crippen LogP contribution in [0.25, 0.3) is 0 Å². The third kappa shape index (κ3) is 6.41. The second kappa shape index (κ2) is 6.24. The van der Waals surface area contributed by atoms with E-state index in [1.165, 1.54) is 0 Å². The fraction of sp³-hybridized carbons (Fsp3) is 0.818. The van der Waals surface area contributed by atoms with Gasteiger partial charge in [-0.1, -0.05) is 38.8 Å². The standard InChI is InChI=1S/C11H22O/c1-4-6-8-10-11(3,12)9-7-5-2/h6,8,12H,4-5,7,9-10H2,1-3H3/b8-6+. The van der Waals surface area contributed by atoms with Crippen molar-refractivity contribution in [3.63, 3.8) is 0 Å². The molecule has 1 unspecified atom stereocenters. The van der Waals surface area contributed by atoms with Crippen LogP contribution in [0.2, 0.25) is 0 Å². The van der Waals surface area contributed by atoms with Gasteiger partial charge in [-0.15, -0.1) is 0 Å². The van der Waals surface area contributed by atoms with Gasteiger partial charge in [-0.3, -0.25) is 0 Å². The molecule has 0 rings (SSSR count). The van der Waals surface area contributed by atoms with Gasteiger partial charge in [0.05, 0.1) is 5.60 Å². The van der Waals surface area contributed by atoms with E-state index >= 15 is 0 Å². The Morgan fingerprint density at radius 1 is 1.25 bits per heavy atom. The zero-order valence-corrected chi connectivity index (χ0v) is 8.64. The van der Waals surface area contributed by atoms with Crippen molar-refractivity contribution >= 4 is 0 Å². The van der Waals surface area contributed by atoms with Crippen molar-refractivity contribution in [3.8, 4) is 0 Å². The first-order valence-corrected chi connectivity index (χ1v) is 4.99. The van der Waals surface area contributed by atoms with E-state index in [4.69, 9.17) is 0 Å². The van der Waals surface area contributed by atoms with Crippen LogP contribution in [0.3, 0.4) is 0 Å². The molecule has 1 atom stereocenters. The number of unbranched alkanes of at least 4 members (excludes halogenated alkanes) is 1. The van der Waals surface area contributed by atoms with Gasteiger partial charge in [0.15, 0.2) is 0 Å². The predicted octanol–water partition coefficient (Wildman–Crippen LogP) is 3.28. The van der Waals surface area contributed by atoms with Gasteiger partial charge in [0, 0.05) is 0 Å². The Morgan fingerprint density at radius 2 is 1.92 bits per heavy atom. The van der Waals surface area contributed by atoms with Gasteiger partial charge in [-0.2, -0.15) is 0 Å². The van der Waals surface area contributed by atoms with Crippen LogP contribution in [0.15, 0.2) is 12.2 Å². The van der Waals surface area contributed by atoms with Crippen molar-refractivity contribution in [2.45, 2.75) is 58.5 Å². The Bertz CT molecular complexity index is 125. The Hall–Kier alpha value is -0.300. The minimum absolute atomic E-state index is 0.484. The molecular weight excluding hydrogens is 148 g/mol. The minimum Gasteiger partial charge on any atom is -0.390 e. The fourth-order valence-electron chi connectivity index (χ4n) is 1.16. The molecule has 0 amide bonds. The quantitative estimate of drug-likeness (QED) is 0.606. The molecule has 1 heteroatoms. The van der Waals surface area contributed by atoms with Crippen LogP contribution in [-0.2, 0) is 0 Å². The Morgan fingerprint density at radius 3 is 2.42 bits per heavy atom. The first-order valence-electron chi connectivity index (χ1n) is 4.99. The SMILES string of the molecule is CC/C=C/CC(C)(O)CCCC. The van der Waals surface area contributed by atoms with E-state index in [0.29, 0.717) is 0 Å². The normalized spacial score (nSPS) is 16.7. The zero-order valence-electron chi connectivity index (χ0n) is 8.64. The molecule has 0 radical (unpaired) electrons. The predicted molar refractivity (Wildman–Crippen MR) is 54.2 cm³/mol. The summed E-state index contributed by atoms with van der Waals surface area (Å²) >= 11 is 0. The van der Waals surface area contributed by atoms with Crippen molar-refractivity contribution in [1.29, 1.82) is 0 Å². The summed E-state index contributed by atoms with van der Waals surface area (Å²) in [4.78, 5) is 0. The summed E-state index contributed by atoms with van der Waals surface area (Å²) in [6.07, 6.45) is 9.24. The summed E-state index contributed by atoms with van der Waals surface area (Å²) in [5.41, 5.74) is -0.484. The van der Waals surface area contributed by atoms with E-state index in [9.17, 15) is 5.11 Å². The zero-order chi connectivity index (χ0) is 9.45. The smallest absolute Gasteiger partial charge is 0.0654 e. The van der Waals surface area contributed by atoms with Gasteiger partial charge < -0.3 is 5.11 Å². The average molecular weight is 170 g/mol.